The van der Waals surface area contributed by atoms with E-state index in [1.807, 2.05) is 17.0 Å². The minimum atomic E-state index is -4.63. The van der Waals surface area contributed by atoms with Crippen molar-refractivity contribution in [3.8, 4) is 5.69 Å². The van der Waals surface area contributed by atoms with E-state index >= 15 is 0 Å². The summed E-state index contributed by atoms with van der Waals surface area (Å²) in [6.07, 6.45) is -4.63. The molecule has 3 aromatic rings. The molecule has 10 heteroatoms. The second kappa shape index (κ2) is 9.36. The van der Waals surface area contributed by atoms with Crippen molar-refractivity contribution in [3.05, 3.63) is 87.3 Å². The topological polar surface area (TPSA) is 75.5 Å². The van der Waals surface area contributed by atoms with Crippen molar-refractivity contribution in [3.63, 3.8) is 0 Å². The van der Waals surface area contributed by atoms with Gasteiger partial charge in [-0.15, -0.1) is 0 Å². The molecule has 7 nitrogen and oxygen atoms in total. The Balaban J connectivity index is 1.56. The number of carbonyl (C=O) groups excluding carboxylic acids is 2. The fraction of sp³-hybridized carbons (Fsp3) is 0.280. The van der Waals surface area contributed by atoms with Gasteiger partial charge in [0.1, 0.15) is 0 Å². The molecule has 0 spiro atoms. The van der Waals surface area contributed by atoms with Crippen molar-refractivity contribution in [1.82, 2.24) is 14.7 Å². The van der Waals surface area contributed by atoms with E-state index in [1.165, 1.54) is 36.9 Å². The van der Waals surface area contributed by atoms with Gasteiger partial charge in [0.15, 0.2) is 11.5 Å². The number of piperazine rings is 1. The molecule has 0 atom stereocenters. The van der Waals surface area contributed by atoms with E-state index in [1.54, 1.807) is 12.1 Å². The smallest absolute Gasteiger partial charge is 0.368 e. The summed E-state index contributed by atoms with van der Waals surface area (Å²) < 4.78 is 41.6. The first-order valence-electron chi connectivity index (χ1n) is 11.0. The number of ketones is 1. The van der Waals surface area contributed by atoms with Crippen LogP contribution in [-0.4, -0.2) is 52.5 Å². The summed E-state index contributed by atoms with van der Waals surface area (Å²) in [5.74, 6) is -0.652. The highest BCUT2D eigenvalue weighted by atomic mass is 19.4. The third kappa shape index (κ3) is 4.96. The maximum atomic E-state index is 13.5. The minimum absolute atomic E-state index is 0.0268. The standard InChI is InChI=1S/C25H23F3N4O3/c1-16-15-22(34)23(29-32(16)21-6-4-3-5-20(21)25(26,27)28)24(35)31-13-11-30(12-14-31)19-9-7-18(8-10-19)17(2)33/h3-10,15H,11-14H2,1-2H3. The van der Waals surface area contributed by atoms with Gasteiger partial charge in [-0.3, -0.25) is 14.4 Å². The molecule has 0 aliphatic carbocycles. The summed E-state index contributed by atoms with van der Waals surface area (Å²) in [5.41, 5.74) is -0.546. The second-order valence-corrected chi connectivity index (χ2v) is 8.31. The van der Waals surface area contributed by atoms with Crippen LogP contribution in [0, 0.1) is 6.92 Å². The first-order valence-corrected chi connectivity index (χ1v) is 11.0. The number of anilines is 1. The lowest BCUT2D eigenvalue weighted by Gasteiger charge is -2.36. The molecule has 2 heterocycles. The first-order chi connectivity index (χ1) is 16.6. The highest BCUT2D eigenvalue weighted by Crippen LogP contribution is 2.33. The van der Waals surface area contributed by atoms with Crippen LogP contribution in [0.15, 0.2) is 59.4 Å². The fourth-order valence-electron chi connectivity index (χ4n) is 4.06. The van der Waals surface area contributed by atoms with Gasteiger partial charge in [0.2, 0.25) is 5.43 Å². The van der Waals surface area contributed by atoms with Crippen LogP contribution >= 0.6 is 0 Å². The molecule has 0 N–H and O–H groups in total. The zero-order chi connectivity index (χ0) is 25.3. The van der Waals surface area contributed by atoms with Gasteiger partial charge >= 0.3 is 6.18 Å². The SMILES string of the molecule is CC(=O)c1ccc(N2CCN(C(=O)c3nn(-c4ccccc4C(F)(F)F)c(C)cc3=O)CC2)cc1. The Hall–Kier alpha value is -3.95. The summed E-state index contributed by atoms with van der Waals surface area (Å²) in [7, 11) is 0. The van der Waals surface area contributed by atoms with Crippen LogP contribution in [0.2, 0.25) is 0 Å². The number of hydrogen-bond acceptors (Lipinski definition) is 5. The third-order valence-electron chi connectivity index (χ3n) is 5.95. The second-order valence-electron chi connectivity index (χ2n) is 8.31. The van der Waals surface area contributed by atoms with Crippen molar-refractivity contribution >= 4 is 17.4 Å². The molecule has 35 heavy (non-hydrogen) atoms. The molecule has 1 aromatic heterocycles. The van der Waals surface area contributed by atoms with Crippen LogP contribution in [-0.2, 0) is 6.18 Å². The summed E-state index contributed by atoms with van der Waals surface area (Å²) in [5, 5.41) is 4.06. The Morgan fingerprint density at radius 1 is 0.943 bits per heavy atom. The largest absolute Gasteiger partial charge is 0.418 e. The average Bonchev–Trinajstić information content (AvgIpc) is 2.83. The van der Waals surface area contributed by atoms with Crippen LogP contribution in [0.3, 0.4) is 0 Å². The van der Waals surface area contributed by atoms with Gasteiger partial charge in [-0.1, -0.05) is 12.1 Å². The van der Waals surface area contributed by atoms with Gasteiger partial charge in [-0.05, 0) is 50.2 Å². The van der Waals surface area contributed by atoms with Crippen LogP contribution < -0.4 is 10.3 Å². The number of aryl methyl sites for hydroxylation is 1. The quantitative estimate of drug-likeness (QED) is 0.528. The summed E-state index contributed by atoms with van der Waals surface area (Å²) in [4.78, 5) is 40.7. The van der Waals surface area contributed by atoms with E-state index < -0.39 is 28.8 Å². The number of nitrogens with zero attached hydrogens (tertiary/aromatic N) is 4. The summed E-state index contributed by atoms with van der Waals surface area (Å²) >= 11 is 0. The molecule has 1 aliphatic rings. The van der Waals surface area contributed by atoms with E-state index in [9.17, 15) is 27.6 Å². The number of para-hydroxylation sites is 1. The van der Waals surface area contributed by atoms with Crippen molar-refractivity contribution in [2.24, 2.45) is 0 Å². The van der Waals surface area contributed by atoms with Crippen LogP contribution in [0.4, 0.5) is 18.9 Å². The zero-order valence-corrected chi connectivity index (χ0v) is 19.2. The predicted octanol–water partition coefficient (Wildman–Crippen LogP) is 3.72. The van der Waals surface area contributed by atoms with Crippen LogP contribution in [0.25, 0.3) is 5.69 Å². The monoisotopic (exact) mass is 484 g/mol. The molecular formula is C25H23F3N4O3. The number of amides is 1. The van der Waals surface area contributed by atoms with Crippen LogP contribution in [0.5, 0.6) is 0 Å². The number of carbonyl (C=O) groups is 2. The van der Waals surface area contributed by atoms with Gasteiger partial charge in [-0.2, -0.15) is 18.3 Å². The number of Topliss-reactive ketones (excluding diaryl/α,β-unsaturated/α-hetero) is 1. The van der Waals surface area contributed by atoms with Crippen molar-refractivity contribution in [2.45, 2.75) is 20.0 Å². The van der Waals surface area contributed by atoms with Gasteiger partial charge in [0, 0.05) is 49.2 Å². The average molecular weight is 484 g/mol. The molecule has 1 saturated heterocycles. The number of halogens is 3. The first kappa shape index (κ1) is 24.2. The van der Waals surface area contributed by atoms with Crippen molar-refractivity contribution in [1.29, 1.82) is 0 Å². The molecule has 1 fully saturated rings. The number of aromatic nitrogens is 2. The van der Waals surface area contributed by atoms with Crippen LogP contribution in [0.1, 0.15) is 39.0 Å². The maximum absolute atomic E-state index is 13.5. The Labute approximate surface area is 199 Å². The molecule has 0 radical (unpaired) electrons. The molecule has 4 rings (SSSR count). The molecule has 182 valence electrons. The number of rotatable bonds is 4. The minimum Gasteiger partial charge on any atom is -0.368 e. The Morgan fingerprint density at radius 2 is 1.57 bits per heavy atom. The zero-order valence-electron chi connectivity index (χ0n) is 19.2. The fourth-order valence-corrected chi connectivity index (χ4v) is 4.06. The van der Waals surface area contributed by atoms with Gasteiger partial charge < -0.3 is 9.80 Å². The lowest BCUT2D eigenvalue weighted by molar-refractivity contribution is -0.137. The molecule has 0 unspecified atom stereocenters. The van der Waals surface area contributed by atoms with Gasteiger partial charge in [0.05, 0.1) is 11.3 Å². The van der Waals surface area contributed by atoms with E-state index in [-0.39, 0.29) is 17.2 Å². The third-order valence-corrected chi connectivity index (χ3v) is 5.95. The molecule has 1 amide bonds. The number of hydrogen-bond donors (Lipinski definition) is 0. The lowest BCUT2D eigenvalue weighted by Crippen LogP contribution is -2.50. The normalized spacial score (nSPS) is 14.2. The highest BCUT2D eigenvalue weighted by molar-refractivity contribution is 5.94. The molecule has 2 aromatic carbocycles. The highest BCUT2D eigenvalue weighted by Gasteiger charge is 2.34. The van der Waals surface area contributed by atoms with E-state index in [2.05, 4.69) is 5.10 Å². The molecular weight excluding hydrogens is 461 g/mol. The molecule has 1 aliphatic heterocycles. The van der Waals surface area contributed by atoms with Gasteiger partial charge in [0.25, 0.3) is 5.91 Å². The van der Waals surface area contributed by atoms with Crippen molar-refractivity contribution in [2.75, 3.05) is 31.1 Å². The molecule has 0 bridgehead atoms. The number of alkyl halides is 3. The lowest BCUT2D eigenvalue weighted by atomic mass is 10.1. The predicted molar refractivity (Wildman–Crippen MR) is 124 cm³/mol. The molecule has 0 saturated carbocycles. The van der Waals surface area contributed by atoms with E-state index in [4.69, 9.17) is 0 Å². The Bertz CT molecular complexity index is 1330. The Kier molecular flexibility index (Phi) is 6.47. The maximum Gasteiger partial charge on any atom is 0.418 e. The van der Waals surface area contributed by atoms with E-state index in [0.29, 0.717) is 31.7 Å². The van der Waals surface area contributed by atoms with Gasteiger partial charge in [-0.25, -0.2) is 4.68 Å². The van der Waals surface area contributed by atoms with E-state index in [0.717, 1.165) is 22.5 Å². The summed E-state index contributed by atoms with van der Waals surface area (Å²) in [6, 6.07) is 13.2. The van der Waals surface area contributed by atoms with Crippen molar-refractivity contribution < 1.29 is 22.8 Å². The number of benzene rings is 2. The Morgan fingerprint density at radius 3 is 2.17 bits per heavy atom. The summed E-state index contributed by atoms with van der Waals surface area (Å²) in [6.45, 7) is 4.55.